The fourth-order valence-corrected chi connectivity index (χ4v) is 2.41. The first-order valence-electron chi connectivity index (χ1n) is 5.90. The summed E-state index contributed by atoms with van der Waals surface area (Å²) in [5.41, 5.74) is 13.0. The van der Waals surface area contributed by atoms with Gasteiger partial charge in [0, 0.05) is 20.1 Å². The average molecular weight is 237 g/mol. The van der Waals surface area contributed by atoms with E-state index in [9.17, 15) is 4.79 Å². The summed E-state index contributed by atoms with van der Waals surface area (Å²) in [7, 11) is 1.88. The monoisotopic (exact) mass is 237 g/mol. The van der Waals surface area contributed by atoms with Crippen molar-refractivity contribution in [2.75, 3.05) is 23.7 Å². The van der Waals surface area contributed by atoms with Gasteiger partial charge in [-0.3, -0.25) is 9.48 Å². The fraction of sp³-hybridized carbons (Fsp3) is 0.636. The van der Waals surface area contributed by atoms with E-state index in [2.05, 4.69) is 10.00 Å². The molecule has 2 heterocycles. The summed E-state index contributed by atoms with van der Waals surface area (Å²) in [5.74, 6) is 0.601. The van der Waals surface area contributed by atoms with Crippen LogP contribution in [0, 0.1) is 5.92 Å². The number of amides is 1. The van der Waals surface area contributed by atoms with Gasteiger partial charge < -0.3 is 16.4 Å². The Kier molecular flexibility index (Phi) is 2.95. The van der Waals surface area contributed by atoms with Gasteiger partial charge in [-0.25, -0.2) is 0 Å². The lowest BCUT2D eigenvalue weighted by atomic mass is 10.1. The maximum Gasteiger partial charge on any atom is 0.222 e. The van der Waals surface area contributed by atoms with Crippen molar-refractivity contribution in [3.05, 3.63) is 5.69 Å². The van der Waals surface area contributed by atoms with Gasteiger partial charge in [-0.05, 0) is 12.8 Å². The molecule has 2 rings (SSSR count). The highest BCUT2D eigenvalue weighted by molar-refractivity contribution is 5.79. The second-order valence-corrected chi connectivity index (χ2v) is 4.50. The topological polar surface area (TPSA) is 90.2 Å². The molecular formula is C11H19N5O. The van der Waals surface area contributed by atoms with Crippen molar-refractivity contribution >= 4 is 17.4 Å². The predicted molar refractivity (Wildman–Crippen MR) is 66.5 cm³/mol. The van der Waals surface area contributed by atoms with E-state index in [4.69, 9.17) is 11.5 Å². The second kappa shape index (κ2) is 4.27. The van der Waals surface area contributed by atoms with E-state index >= 15 is 0 Å². The van der Waals surface area contributed by atoms with Gasteiger partial charge in [-0.15, -0.1) is 0 Å². The molecule has 0 radical (unpaired) electrons. The molecule has 1 amide bonds. The lowest BCUT2D eigenvalue weighted by Crippen LogP contribution is -2.28. The van der Waals surface area contributed by atoms with Crippen LogP contribution in [-0.4, -0.2) is 28.8 Å². The molecule has 6 heteroatoms. The van der Waals surface area contributed by atoms with Gasteiger partial charge in [0.15, 0.2) is 0 Å². The molecule has 1 aromatic rings. The number of nitrogen functional groups attached to an aromatic ring is 1. The van der Waals surface area contributed by atoms with Gasteiger partial charge in [0.25, 0.3) is 0 Å². The molecule has 4 N–H and O–H groups in total. The molecule has 0 aromatic carbocycles. The number of aromatic nitrogens is 2. The van der Waals surface area contributed by atoms with Gasteiger partial charge in [0.2, 0.25) is 5.91 Å². The Morgan fingerprint density at radius 1 is 1.59 bits per heavy atom. The van der Waals surface area contributed by atoms with Gasteiger partial charge in [-0.1, -0.05) is 6.92 Å². The van der Waals surface area contributed by atoms with Crippen molar-refractivity contribution in [1.82, 2.24) is 9.78 Å². The lowest BCUT2D eigenvalue weighted by molar-refractivity contribution is -0.121. The number of rotatable bonds is 3. The highest BCUT2D eigenvalue weighted by Gasteiger charge is 2.30. The van der Waals surface area contributed by atoms with E-state index < -0.39 is 0 Å². The number of nitrogens with two attached hydrogens (primary N) is 2. The summed E-state index contributed by atoms with van der Waals surface area (Å²) in [6.45, 7) is 3.47. The zero-order valence-corrected chi connectivity index (χ0v) is 10.3. The molecule has 0 aliphatic carbocycles. The summed E-state index contributed by atoms with van der Waals surface area (Å²) in [6.07, 6.45) is 1.61. The van der Waals surface area contributed by atoms with Crippen LogP contribution in [-0.2, 0) is 18.3 Å². The molecule has 1 aromatic heterocycles. The van der Waals surface area contributed by atoms with Crippen molar-refractivity contribution in [1.29, 1.82) is 0 Å². The molecule has 1 atom stereocenters. The van der Waals surface area contributed by atoms with Crippen molar-refractivity contribution < 1.29 is 4.79 Å². The minimum Gasteiger partial charge on any atom is -0.394 e. The summed E-state index contributed by atoms with van der Waals surface area (Å²) in [4.78, 5) is 13.2. The van der Waals surface area contributed by atoms with Crippen LogP contribution in [0.4, 0.5) is 11.5 Å². The standard InChI is InChI=1S/C11H19N5O/c1-3-8-9(12)11(15(2)14-8)16-5-4-7(6-16)10(13)17/h7H,3-6,12H2,1-2H3,(H2,13,17). The zero-order chi connectivity index (χ0) is 12.6. The third kappa shape index (κ3) is 1.94. The molecule has 1 aliphatic heterocycles. The van der Waals surface area contributed by atoms with Crippen molar-refractivity contribution in [3.63, 3.8) is 0 Å². The van der Waals surface area contributed by atoms with Crippen molar-refractivity contribution in [3.8, 4) is 0 Å². The maximum absolute atomic E-state index is 11.2. The Labute approximate surface area is 101 Å². The summed E-state index contributed by atoms with van der Waals surface area (Å²) in [6, 6.07) is 0. The number of aryl methyl sites for hydroxylation is 2. The van der Waals surface area contributed by atoms with E-state index in [1.165, 1.54) is 0 Å². The Hall–Kier alpha value is -1.72. The van der Waals surface area contributed by atoms with Crippen LogP contribution >= 0.6 is 0 Å². The molecule has 17 heavy (non-hydrogen) atoms. The van der Waals surface area contributed by atoms with Crippen LogP contribution in [0.3, 0.4) is 0 Å². The number of hydrogen-bond acceptors (Lipinski definition) is 4. The van der Waals surface area contributed by atoms with Gasteiger partial charge in [-0.2, -0.15) is 5.10 Å². The smallest absolute Gasteiger partial charge is 0.222 e. The molecule has 0 saturated carbocycles. The van der Waals surface area contributed by atoms with Gasteiger partial charge in [0.05, 0.1) is 17.3 Å². The number of anilines is 2. The van der Waals surface area contributed by atoms with Crippen molar-refractivity contribution in [2.45, 2.75) is 19.8 Å². The van der Waals surface area contributed by atoms with Crippen molar-refractivity contribution in [2.24, 2.45) is 18.7 Å². The Bertz CT molecular complexity index is 439. The Balaban J connectivity index is 2.24. The van der Waals surface area contributed by atoms with E-state index in [1.54, 1.807) is 4.68 Å². The first kappa shape index (κ1) is 11.8. The summed E-state index contributed by atoms with van der Waals surface area (Å²) in [5, 5.41) is 4.38. The highest BCUT2D eigenvalue weighted by Crippen LogP contribution is 2.30. The average Bonchev–Trinajstić information content (AvgIpc) is 2.83. The largest absolute Gasteiger partial charge is 0.394 e. The summed E-state index contributed by atoms with van der Waals surface area (Å²) < 4.78 is 1.79. The van der Waals surface area contributed by atoms with Crippen LogP contribution in [0.2, 0.25) is 0 Å². The van der Waals surface area contributed by atoms with Crippen LogP contribution < -0.4 is 16.4 Å². The predicted octanol–water partition coefficient (Wildman–Crippen LogP) is -0.124. The number of primary amides is 1. The first-order valence-corrected chi connectivity index (χ1v) is 5.90. The van der Waals surface area contributed by atoms with Crippen LogP contribution in [0.1, 0.15) is 19.0 Å². The SMILES string of the molecule is CCc1nn(C)c(N2CCC(C(N)=O)C2)c1N. The molecule has 0 bridgehead atoms. The number of hydrogen-bond donors (Lipinski definition) is 2. The molecule has 1 aliphatic rings. The quantitative estimate of drug-likeness (QED) is 0.766. The highest BCUT2D eigenvalue weighted by atomic mass is 16.1. The minimum atomic E-state index is -0.232. The third-order valence-corrected chi connectivity index (χ3v) is 3.35. The Morgan fingerprint density at radius 2 is 2.29 bits per heavy atom. The van der Waals surface area contributed by atoms with Crippen LogP contribution in [0.25, 0.3) is 0 Å². The second-order valence-electron chi connectivity index (χ2n) is 4.50. The van der Waals surface area contributed by atoms with Crippen LogP contribution in [0.15, 0.2) is 0 Å². The van der Waals surface area contributed by atoms with E-state index in [-0.39, 0.29) is 11.8 Å². The molecule has 6 nitrogen and oxygen atoms in total. The fourth-order valence-electron chi connectivity index (χ4n) is 2.41. The van der Waals surface area contributed by atoms with E-state index in [0.29, 0.717) is 6.54 Å². The normalized spacial score (nSPS) is 19.9. The third-order valence-electron chi connectivity index (χ3n) is 3.35. The number of carbonyl (C=O) groups excluding carboxylic acids is 1. The zero-order valence-electron chi connectivity index (χ0n) is 10.3. The van der Waals surface area contributed by atoms with Gasteiger partial charge >= 0.3 is 0 Å². The van der Waals surface area contributed by atoms with E-state index in [1.807, 2.05) is 14.0 Å². The lowest BCUT2D eigenvalue weighted by Gasteiger charge is -2.18. The minimum absolute atomic E-state index is 0.0747. The number of carbonyl (C=O) groups is 1. The molecule has 1 saturated heterocycles. The van der Waals surface area contributed by atoms with E-state index in [0.717, 1.165) is 36.6 Å². The molecule has 1 unspecified atom stereocenters. The molecule has 94 valence electrons. The first-order chi connectivity index (χ1) is 8.04. The van der Waals surface area contributed by atoms with Crippen LogP contribution in [0.5, 0.6) is 0 Å². The molecular weight excluding hydrogens is 218 g/mol. The molecule has 1 fully saturated rings. The maximum atomic E-state index is 11.2. The Morgan fingerprint density at radius 3 is 2.76 bits per heavy atom. The summed E-state index contributed by atoms with van der Waals surface area (Å²) >= 11 is 0. The van der Waals surface area contributed by atoms with Gasteiger partial charge in [0.1, 0.15) is 5.82 Å². The number of nitrogens with zero attached hydrogens (tertiary/aromatic N) is 3. The molecule has 0 spiro atoms.